The van der Waals surface area contributed by atoms with Crippen LogP contribution in [0.2, 0.25) is 0 Å². The van der Waals surface area contributed by atoms with Crippen molar-refractivity contribution in [3.8, 4) is 0 Å². The van der Waals surface area contributed by atoms with Gasteiger partial charge in [-0.05, 0) is 47.2 Å². The molecular formula is C32H35NO6S. The van der Waals surface area contributed by atoms with Crippen LogP contribution in [0.5, 0.6) is 0 Å². The second kappa shape index (κ2) is 11.5. The second-order valence-corrected chi connectivity index (χ2v) is 12.5. The molecule has 2 heterocycles. The Labute approximate surface area is 239 Å². The molecule has 40 heavy (non-hydrogen) atoms. The van der Waals surface area contributed by atoms with Crippen molar-refractivity contribution in [2.24, 2.45) is 0 Å². The molecule has 0 radical (unpaired) electrons. The molecule has 5 atom stereocenters. The predicted octanol–water partition coefficient (Wildman–Crippen LogP) is 4.71. The zero-order chi connectivity index (χ0) is 28.6. The van der Waals surface area contributed by atoms with Gasteiger partial charge in [0.2, 0.25) is 0 Å². The van der Waals surface area contributed by atoms with E-state index < -0.39 is 48.2 Å². The molecule has 3 aromatic rings. The summed E-state index contributed by atoms with van der Waals surface area (Å²) in [7, 11) is 0. The molecule has 8 heteroatoms. The van der Waals surface area contributed by atoms with Crippen LogP contribution in [0.4, 0.5) is 0 Å². The molecular weight excluding hydrogens is 526 g/mol. The van der Waals surface area contributed by atoms with Crippen molar-refractivity contribution in [3.05, 3.63) is 101 Å². The molecule has 5 rings (SSSR count). The first-order chi connectivity index (χ1) is 19.1. The number of nitrogens with zero attached hydrogens (tertiary/aromatic N) is 1. The molecule has 0 saturated carbocycles. The molecule has 2 aliphatic rings. The van der Waals surface area contributed by atoms with E-state index in [4.69, 9.17) is 9.47 Å². The van der Waals surface area contributed by atoms with Gasteiger partial charge in [-0.1, -0.05) is 87.1 Å². The molecule has 0 aromatic heterocycles. The summed E-state index contributed by atoms with van der Waals surface area (Å²) in [6.07, 6.45) is -3.15. The highest BCUT2D eigenvalue weighted by atomic mass is 32.2. The molecule has 210 valence electrons. The Morgan fingerprint density at radius 2 is 1.57 bits per heavy atom. The number of imide groups is 1. The molecule has 1 saturated heterocycles. The zero-order valence-corrected chi connectivity index (χ0v) is 23.9. The number of amides is 2. The summed E-state index contributed by atoms with van der Waals surface area (Å²) in [4.78, 5) is 29.2. The van der Waals surface area contributed by atoms with Crippen molar-refractivity contribution in [2.75, 3.05) is 6.61 Å². The minimum atomic E-state index is -1.31. The topological polar surface area (TPSA) is 96.3 Å². The van der Waals surface area contributed by atoms with Gasteiger partial charge in [-0.3, -0.25) is 14.5 Å². The minimum absolute atomic E-state index is 0.0954. The summed E-state index contributed by atoms with van der Waals surface area (Å²) < 4.78 is 12.5. The maximum absolute atomic E-state index is 13.6. The van der Waals surface area contributed by atoms with Gasteiger partial charge in [0, 0.05) is 4.90 Å². The van der Waals surface area contributed by atoms with Crippen LogP contribution in [-0.2, 0) is 21.5 Å². The lowest BCUT2D eigenvalue weighted by molar-refractivity contribution is -0.203. The van der Waals surface area contributed by atoms with Crippen molar-refractivity contribution in [2.45, 2.75) is 74.4 Å². The molecule has 0 unspecified atom stereocenters. The summed E-state index contributed by atoms with van der Waals surface area (Å²) >= 11 is 1.34. The first-order valence-corrected chi connectivity index (χ1v) is 14.3. The van der Waals surface area contributed by atoms with Gasteiger partial charge in [0.15, 0.2) is 0 Å². The molecule has 0 aliphatic carbocycles. The fourth-order valence-corrected chi connectivity index (χ4v) is 6.51. The van der Waals surface area contributed by atoms with Gasteiger partial charge in [-0.2, -0.15) is 0 Å². The molecule has 3 aromatic carbocycles. The predicted molar refractivity (Wildman–Crippen MR) is 153 cm³/mol. The van der Waals surface area contributed by atoms with E-state index in [1.165, 1.54) is 11.8 Å². The number of thioether (sulfide) groups is 1. The van der Waals surface area contributed by atoms with Crippen LogP contribution in [0, 0.1) is 6.92 Å². The third-order valence-corrected chi connectivity index (χ3v) is 8.84. The molecule has 0 spiro atoms. The fourth-order valence-electron chi connectivity index (χ4n) is 5.19. The Hall–Kier alpha value is -3.01. The van der Waals surface area contributed by atoms with Crippen molar-refractivity contribution in [1.82, 2.24) is 4.90 Å². The van der Waals surface area contributed by atoms with Crippen molar-refractivity contribution in [1.29, 1.82) is 0 Å². The van der Waals surface area contributed by atoms with Gasteiger partial charge in [-0.15, -0.1) is 0 Å². The number of hydrogen-bond acceptors (Lipinski definition) is 7. The third kappa shape index (κ3) is 5.47. The van der Waals surface area contributed by atoms with Crippen LogP contribution < -0.4 is 0 Å². The number of benzene rings is 3. The third-order valence-electron chi connectivity index (χ3n) is 7.53. The van der Waals surface area contributed by atoms with E-state index in [1.807, 2.05) is 43.3 Å². The first kappa shape index (κ1) is 28.5. The fraction of sp³-hybridized carbons (Fsp3) is 0.375. The van der Waals surface area contributed by atoms with E-state index in [0.29, 0.717) is 11.1 Å². The number of fused-ring (bicyclic) bond motifs is 1. The molecule has 7 nitrogen and oxygen atoms in total. The smallest absolute Gasteiger partial charge is 0.262 e. The van der Waals surface area contributed by atoms with E-state index in [1.54, 1.807) is 24.3 Å². The average Bonchev–Trinajstić information content (AvgIpc) is 3.18. The van der Waals surface area contributed by atoms with E-state index in [0.717, 1.165) is 26.5 Å². The van der Waals surface area contributed by atoms with E-state index in [-0.39, 0.29) is 12.0 Å². The Balaban J connectivity index is 1.52. The number of carbonyl (C=O) groups excluding carboxylic acids is 2. The van der Waals surface area contributed by atoms with Crippen molar-refractivity contribution >= 4 is 23.6 Å². The van der Waals surface area contributed by atoms with Gasteiger partial charge in [0.25, 0.3) is 11.8 Å². The summed E-state index contributed by atoms with van der Waals surface area (Å²) in [5.74, 6) is -0.966. The van der Waals surface area contributed by atoms with Crippen molar-refractivity contribution in [3.63, 3.8) is 0 Å². The highest BCUT2D eigenvalue weighted by Crippen LogP contribution is 2.41. The number of carbonyl (C=O) groups is 2. The Morgan fingerprint density at radius 1 is 0.950 bits per heavy atom. The maximum Gasteiger partial charge on any atom is 0.262 e. The van der Waals surface area contributed by atoms with E-state index >= 15 is 0 Å². The molecule has 1 fully saturated rings. The van der Waals surface area contributed by atoms with Crippen LogP contribution in [0.25, 0.3) is 0 Å². The standard InChI is InChI=1S/C32H35NO6S/c1-19-14-15-21(32(2,3)4)16-25(19)40-31-26(33-29(36)22-12-8-9-13-23(22)30(33)37)27(35)28(24(17-34)39-31)38-18-20-10-6-5-7-11-20/h5-16,24,26-28,31,34-35H,17-18H2,1-4H3/t24-,26-,27-,28-,31+/m1/s1. The largest absolute Gasteiger partial charge is 0.394 e. The minimum Gasteiger partial charge on any atom is -0.394 e. The van der Waals surface area contributed by atoms with Crippen LogP contribution >= 0.6 is 11.8 Å². The van der Waals surface area contributed by atoms with Crippen LogP contribution in [0.15, 0.2) is 77.7 Å². The monoisotopic (exact) mass is 561 g/mol. The number of hydrogen-bond donors (Lipinski definition) is 2. The number of aliphatic hydroxyl groups is 2. The summed E-state index contributed by atoms with van der Waals surface area (Å²) in [6.45, 7) is 8.15. The highest BCUT2D eigenvalue weighted by Gasteiger charge is 2.54. The Morgan fingerprint density at radius 3 is 2.17 bits per heavy atom. The molecule has 2 amide bonds. The quantitative estimate of drug-likeness (QED) is 0.403. The van der Waals surface area contributed by atoms with E-state index in [2.05, 4.69) is 32.9 Å². The maximum atomic E-state index is 13.6. The number of aliphatic hydroxyl groups excluding tert-OH is 2. The SMILES string of the molecule is Cc1ccc(C(C)(C)C)cc1S[C@@H]1O[C@H](CO)[C@@H](OCc2ccccc2)[C@H](O)[C@H]1N1C(=O)c2ccccc2C1=O. The Kier molecular flexibility index (Phi) is 8.17. The van der Waals surface area contributed by atoms with Gasteiger partial charge < -0.3 is 19.7 Å². The highest BCUT2D eigenvalue weighted by molar-refractivity contribution is 7.99. The first-order valence-electron chi connectivity index (χ1n) is 13.4. The zero-order valence-electron chi connectivity index (χ0n) is 23.1. The summed E-state index contributed by atoms with van der Waals surface area (Å²) in [6, 6.07) is 21.3. The number of aryl methyl sites for hydroxylation is 1. The summed E-state index contributed by atoms with van der Waals surface area (Å²) in [5.41, 5.74) is 2.65. The average molecular weight is 562 g/mol. The lowest BCUT2D eigenvalue weighted by atomic mass is 9.87. The summed E-state index contributed by atoms with van der Waals surface area (Å²) in [5, 5.41) is 22.1. The van der Waals surface area contributed by atoms with Gasteiger partial charge in [0.1, 0.15) is 29.8 Å². The lowest BCUT2D eigenvalue weighted by Crippen LogP contribution is -2.65. The molecule has 2 N–H and O–H groups in total. The van der Waals surface area contributed by atoms with Crippen LogP contribution in [0.3, 0.4) is 0 Å². The van der Waals surface area contributed by atoms with Gasteiger partial charge in [-0.25, -0.2) is 0 Å². The Bertz CT molecular complexity index is 1350. The number of rotatable bonds is 7. The van der Waals surface area contributed by atoms with Gasteiger partial charge in [0.05, 0.1) is 24.3 Å². The lowest BCUT2D eigenvalue weighted by Gasteiger charge is -2.46. The van der Waals surface area contributed by atoms with Gasteiger partial charge >= 0.3 is 0 Å². The second-order valence-electron chi connectivity index (χ2n) is 11.3. The van der Waals surface area contributed by atoms with E-state index in [9.17, 15) is 19.8 Å². The molecule has 0 bridgehead atoms. The normalized spacial score (nSPS) is 24.9. The number of ether oxygens (including phenoxy) is 2. The van der Waals surface area contributed by atoms with Crippen LogP contribution in [-0.4, -0.2) is 63.3 Å². The van der Waals surface area contributed by atoms with Crippen LogP contribution in [0.1, 0.15) is 58.2 Å². The molecule has 2 aliphatic heterocycles. The van der Waals surface area contributed by atoms with Crippen molar-refractivity contribution < 1.29 is 29.3 Å².